The van der Waals surface area contributed by atoms with Gasteiger partial charge >= 0.3 is 5.69 Å². The van der Waals surface area contributed by atoms with Gasteiger partial charge in [-0.1, -0.05) is 19.3 Å². The highest BCUT2D eigenvalue weighted by atomic mass is 16.1. The van der Waals surface area contributed by atoms with Gasteiger partial charge in [0, 0.05) is 19.8 Å². The van der Waals surface area contributed by atoms with Crippen LogP contribution in [0.3, 0.4) is 0 Å². The molecule has 116 valence electrons. The summed E-state index contributed by atoms with van der Waals surface area (Å²) in [5.41, 5.74) is 0.421. The standard InChI is InChI=1S/C16H20N4O2/c1-19-13-12(8-17-15(19)22)14(21)20(10-18-13)9-11-7-16(11)5-3-2-4-6-16/h8,10-11H,2-7,9H2,1H3/t11-/m1/s1. The third-order valence-electron chi connectivity index (χ3n) is 5.59. The van der Waals surface area contributed by atoms with E-state index in [1.807, 2.05) is 0 Å². The lowest BCUT2D eigenvalue weighted by Crippen LogP contribution is -2.28. The Morgan fingerprint density at radius 1 is 1.23 bits per heavy atom. The molecule has 2 aliphatic carbocycles. The van der Waals surface area contributed by atoms with Gasteiger partial charge in [-0.25, -0.2) is 14.8 Å². The lowest BCUT2D eigenvalue weighted by Gasteiger charge is -2.22. The zero-order valence-corrected chi connectivity index (χ0v) is 12.8. The molecule has 6 heteroatoms. The van der Waals surface area contributed by atoms with Crippen molar-refractivity contribution in [2.24, 2.45) is 18.4 Å². The fraction of sp³-hybridized carbons (Fsp3) is 0.625. The molecule has 1 atom stereocenters. The highest BCUT2D eigenvalue weighted by Gasteiger charge is 2.53. The Morgan fingerprint density at radius 2 is 2.00 bits per heavy atom. The number of hydrogen-bond donors (Lipinski definition) is 0. The van der Waals surface area contributed by atoms with Crippen molar-refractivity contribution in [1.82, 2.24) is 19.1 Å². The lowest BCUT2D eigenvalue weighted by atomic mass is 9.84. The Bertz CT molecular complexity index is 845. The molecule has 0 saturated heterocycles. The van der Waals surface area contributed by atoms with Gasteiger partial charge in [-0.05, 0) is 30.6 Å². The molecule has 0 amide bonds. The first-order valence-corrected chi connectivity index (χ1v) is 8.02. The summed E-state index contributed by atoms with van der Waals surface area (Å²) in [6.07, 6.45) is 10.8. The molecule has 0 aliphatic heterocycles. The largest absolute Gasteiger partial charge is 0.348 e. The monoisotopic (exact) mass is 300 g/mol. The minimum atomic E-state index is -0.388. The van der Waals surface area contributed by atoms with Crippen molar-refractivity contribution in [3.63, 3.8) is 0 Å². The fourth-order valence-corrected chi connectivity index (χ4v) is 4.10. The van der Waals surface area contributed by atoms with Crippen molar-refractivity contribution in [2.75, 3.05) is 0 Å². The molecule has 0 N–H and O–H groups in total. The average Bonchev–Trinajstić information content (AvgIpc) is 3.18. The number of hydrogen-bond acceptors (Lipinski definition) is 4. The van der Waals surface area contributed by atoms with Crippen LogP contribution in [0.2, 0.25) is 0 Å². The SMILES string of the molecule is Cn1c(=O)ncc2c(=O)n(C[C@H]3CC34CCCCC4)cnc21. The number of rotatable bonds is 2. The van der Waals surface area contributed by atoms with Gasteiger partial charge in [-0.2, -0.15) is 0 Å². The number of fused-ring (bicyclic) bond motifs is 1. The number of aryl methyl sites for hydroxylation is 1. The van der Waals surface area contributed by atoms with Crippen LogP contribution in [0.15, 0.2) is 22.1 Å². The second-order valence-electron chi connectivity index (χ2n) is 6.86. The van der Waals surface area contributed by atoms with Crippen molar-refractivity contribution in [1.29, 1.82) is 0 Å². The van der Waals surface area contributed by atoms with Crippen LogP contribution in [0.25, 0.3) is 11.0 Å². The Hall–Kier alpha value is -1.98. The van der Waals surface area contributed by atoms with Crippen molar-refractivity contribution in [2.45, 2.75) is 45.1 Å². The number of aromatic nitrogens is 4. The van der Waals surface area contributed by atoms with E-state index in [0.29, 0.717) is 22.4 Å². The van der Waals surface area contributed by atoms with Gasteiger partial charge in [-0.3, -0.25) is 13.9 Å². The average molecular weight is 300 g/mol. The number of nitrogens with zero attached hydrogens (tertiary/aromatic N) is 4. The topological polar surface area (TPSA) is 69.8 Å². The van der Waals surface area contributed by atoms with Gasteiger partial charge in [0.1, 0.15) is 5.39 Å². The van der Waals surface area contributed by atoms with Crippen molar-refractivity contribution >= 4 is 11.0 Å². The molecule has 22 heavy (non-hydrogen) atoms. The van der Waals surface area contributed by atoms with Gasteiger partial charge in [0.2, 0.25) is 0 Å². The van der Waals surface area contributed by atoms with E-state index in [1.165, 1.54) is 49.3 Å². The summed E-state index contributed by atoms with van der Waals surface area (Å²) in [4.78, 5) is 32.2. The highest BCUT2D eigenvalue weighted by molar-refractivity contribution is 5.72. The molecule has 0 radical (unpaired) electrons. The fourth-order valence-electron chi connectivity index (χ4n) is 4.10. The summed E-state index contributed by atoms with van der Waals surface area (Å²) in [5.74, 6) is 0.602. The summed E-state index contributed by atoms with van der Waals surface area (Å²) >= 11 is 0. The van der Waals surface area contributed by atoms with Gasteiger partial charge in [0.15, 0.2) is 5.65 Å². The summed E-state index contributed by atoms with van der Waals surface area (Å²) < 4.78 is 3.02. The van der Waals surface area contributed by atoms with Gasteiger partial charge in [-0.15, -0.1) is 0 Å². The van der Waals surface area contributed by atoms with Crippen LogP contribution in [0.5, 0.6) is 0 Å². The van der Waals surface area contributed by atoms with Crippen LogP contribution >= 0.6 is 0 Å². The summed E-state index contributed by atoms with van der Waals surface area (Å²) in [6.45, 7) is 0.741. The van der Waals surface area contributed by atoms with Gasteiger partial charge in [0.25, 0.3) is 5.56 Å². The Labute approximate surface area is 127 Å². The van der Waals surface area contributed by atoms with E-state index in [4.69, 9.17) is 0 Å². The zero-order chi connectivity index (χ0) is 15.3. The molecule has 0 bridgehead atoms. The van der Waals surface area contributed by atoms with Crippen molar-refractivity contribution < 1.29 is 0 Å². The van der Waals surface area contributed by atoms with Crippen LogP contribution in [-0.4, -0.2) is 19.1 Å². The molecule has 2 aromatic rings. The maximum Gasteiger partial charge on any atom is 0.348 e. The Kier molecular flexibility index (Phi) is 2.96. The van der Waals surface area contributed by atoms with E-state index in [1.54, 1.807) is 17.9 Å². The van der Waals surface area contributed by atoms with E-state index >= 15 is 0 Å². The highest BCUT2D eigenvalue weighted by Crippen LogP contribution is 2.61. The minimum Gasteiger partial charge on any atom is -0.298 e. The van der Waals surface area contributed by atoms with E-state index in [-0.39, 0.29) is 11.2 Å². The predicted octanol–water partition coefficient (Wildman–Crippen LogP) is 1.46. The lowest BCUT2D eigenvalue weighted by molar-refractivity contribution is 0.296. The molecule has 2 aromatic heterocycles. The first kappa shape index (κ1) is 13.7. The van der Waals surface area contributed by atoms with Crippen molar-refractivity contribution in [3.8, 4) is 0 Å². The maximum absolute atomic E-state index is 12.6. The quantitative estimate of drug-likeness (QED) is 0.842. The zero-order valence-electron chi connectivity index (χ0n) is 12.8. The summed E-state index contributed by atoms with van der Waals surface area (Å²) in [5, 5.41) is 0.419. The molecule has 0 unspecified atom stereocenters. The third-order valence-corrected chi connectivity index (χ3v) is 5.59. The van der Waals surface area contributed by atoms with E-state index in [0.717, 1.165) is 6.54 Å². The van der Waals surface area contributed by atoms with Crippen LogP contribution in [0, 0.1) is 11.3 Å². The first-order valence-electron chi connectivity index (χ1n) is 8.02. The third kappa shape index (κ3) is 2.01. The molecule has 2 saturated carbocycles. The van der Waals surface area contributed by atoms with Crippen LogP contribution < -0.4 is 11.2 Å². The van der Waals surface area contributed by atoms with E-state index < -0.39 is 0 Å². The van der Waals surface area contributed by atoms with Crippen LogP contribution in [-0.2, 0) is 13.6 Å². The second kappa shape index (κ2) is 4.76. The Balaban J connectivity index is 1.66. The van der Waals surface area contributed by atoms with E-state index in [9.17, 15) is 9.59 Å². The van der Waals surface area contributed by atoms with Crippen LogP contribution in [0.1, 0.15) is 38.5 Å². The summed E-state index contributed by atoms with van der Waals surface area (Å²) in [7, 11) is 1.59. The molecule has 2 aliphatic rings. The smallest absolute Gasteiger partial charge is 0.298 e. The van der Waals surface area contributed by atoms with Gasteiger partial charge in [0.05, 0.1) is 6.33 Å². The molecule has 0 aromatic carbocycles. The molecular weight excluding hydrogens is 280 g/mol. The predicted molar refractivity (Wildman–Crippen MR) is 82.7 cm³/mol. The second-order valence-corrected chi connectivity index (χ2v) is 6.86. The normalized spacial score (nSPS) is 23.0. The van der Waals surface area contributed by atoms with Crippen LogP contribution in [0.4, 0.5) is 0 Å². The van der Waals surface area contributed by atoms with E-state index in [2.05, 4.69) is 9.97 Å². The molecule has 6 nitrogen and oxygen atoms in total. The maximum atomic E-state index is 12.6. The molecular formula is C16H20N4O2. The minimum absolute atomic E-state index is 0.0917. The molecule has 2 fully saturated rings. The summed E-state index contributed by atoms with van der Waals surface area (Å²) in [6, 6.07) is 0. The van der Waals surface area contributed by atoms with Gasteiger partial charge < -0.3 is 0 Å². The molecule has 4 rings (SSSR count). The Morgan fingerprint density at radius 3 is 2.77 bits per heavy atom. The molecule has 2 heterocycles. The van der Waals surface area contributed by atoms with Crippen molar-refractivity contribution in [3.05, 3.63) is 33.4 Å². The molecule has 1 spiro atoms. The first-order chi connectivity index (χ1) is 10.6.